The third-order valence-electron chi connectivity index (χ3n) is 3.76. The van der Waals surface area contributed by atoms with Gasteiger partial charge in [0, 0.05) is 12.1 Å². The van der Waals surface area contributed by atoms with Gasteiger partial charge in [0.15, 0.2) is 13.1 Å². The Labute approximate surface area is 164 Å². The van der Waals surface area contributed by atoms with Gasteiger partial charge >= 0.3 is 0 Å². The second kappa shape index (κ2) is 8.33. The number of thiazole rings is 2. The molecule has 4 rings (SSSR count). The molecule has 0 atom stereocenters. The molecule has 0 saturated heterocycles. The molecule has 0 aliphatic rings. The normalized spacial score (nSPS) is 10.4. The van der Waals surface area contributed by atoms with Crippen molar-refractivity contribution in [2.45, 2.75) is 19.5 Å². The van der Waals surface area contributed by atoms with Crippen LogP contribution < -0.4 is 43.1 Å². The van der Waals surface area contributed by atoms with Crippen LogP contribution in [0.3, 0.4) is 0 Å². The first-order valence-electron chi connectivity index (χ1n) is 7.13. The summed E-state index contributed by atoms with van der Waals surface area (Å²) in [5, 5.41) is 0. The fourth-order valence-corrected chi connectivity index (χ4v) is 4.55. The number of benzene rings is 2. The Hall–Kier alpha value is -0.820. The van der Waals surface area contributed by atoms with Gasteiger partial charge in [0.25, 0.3) is 0 Å². The first-order valence-corrected chi connectivity index (χ1v) is 8.89. The van der Waals surface area contributed by atoms with Gasteiger partial charge in [-0.3, -0.25) is 0 Å². The molecule has 23 heavy (non-hydrogen) atoms. The van der Waals surface area contributed by atoms with Crippen LogP contribution in [0.2, 0.25) is 0 Å². The lowest BCUT2D eigenvalue weighted by Crippen LogP contribution is -3.00. The summed E-state index contributed by atoms with van der Waals surface area (Å²) >= 11 is 3.65. The molecule has 2 heterocycles. The van der Waals surface area contributed by atoms with E-state index >= 15 is 0 Å². The van der Waals surface area contributed by atoms with Crippen LogP contribution in [0.4, 0.5) is 0 Å². The van der Waals surface area contributed by atoms with Crippen molar-refractivity contribution in [1.82, 2.24) is 0 Å². The van der Waals surface area contributed by atoms with Gasteiger partial charge < -0.3 is 34.0 Å². The number of para-hydroxylation sites is 2. The summed E-state index contributed by atoms with van der Waals surface area (Å²) in [6.07, 6.45) is 1.15. The quantitative estimate of drug-likeness (QED) is 0.298. The molecule has 2 aromatic heterocycles. The van der Waals surface area contributed by atoms with Gasteiger partial charge in [0.1, 0.15) is 9.40 Å². The highest BCUT2D eigenvalue weighted by molar-refractivity contribution is 7.16. The molecule has 120 valence electrons. The molecule has 4 aromatic rings. The summed E-state index contributed by atoms with van der Waals surface area (Å²) in [4.78, 5) is 0. The lowest BCUT2D eigenvalue weighted by molar-refractivity contribution is -0.698. The first kappa shape index (κ1) is 18.5. The Balaban J connectivity index is 0.000000960. The van der Waals surface area contributed by atoms with Crippen LogP contribution in [0.5, 0.6) is 0 Å². The van der Waals surface area contributed by atoms with Crippen LogP contribution in [0.25, 0.3) is 20.4 Å². The summed E-state index contributed by atoms with van der Waals surface area (Å²) in [5.74, 6) is 0. The van der Waals surface area contributed by atoms with Gasteiger partial charge in [0.05, 0.1) is 6.42 Å². The van der Waals surface area contributed by atoms with E-state index in [-0.39, 0.29) is 34.0 Å². The predicted molar refractivity (Wildman–Crippen MR) is 88.7 cm³/mol. The number of rotatable bonds is 4. The minimum absolute atomic E-state index is 0. The molecule has 0 aliphatic carbocycles. The van der Waals surface area contributed by atoms with E-state index in [1.807, 2.05) is 22.7 Å². The van der Waals surface area contributed by atoms with Crippen molar-refractivity contribution in [3.63, 3.8) is 0 Å². The van der Waals surface area contributed by atoms with E-state index < -0.39 is 0 Å². The molecule has 0 radical (unpaired) electrons. The second-order valence-electron chi connectivity index (χ2n) is 5.12. The zero-order chi connectivity index (χ0) is 14.1. The first-order chi connectivity index (χ1) is 10.4. The highest BCUT2D eigenvalue weighted by atomic mass is 79.9. The zero-order valence-electron chi connectivity index (χ0n) is 12.4. The summed E-state index contributed by atoms with van der Waals surface area (Å²) < 4.78 is 7.47. The van der Waals surface area contributed by atoms with Crippen LogP contribution in [0, 0.1) is 0 Å². The maximum atomic E-state index is 2.37. The van der Waals surface area contributed by atoms with Gasteiger partial charge in [-0.15, -0.1) is 0 Å². The molecule has 0 fully saturated rings. The van der Waals surface area contributed by atoms with Crippen molar-refractivity contribution in [3.05, 3.63) is 59.6 Å². The number of hydrogen-bond acceptors (Lipinski definition) is 2. The van der Waals surface area contributed by atoms with Crippen molar-refractivity contribution in [2.75, 3.05) is 0 Å². The number of fused-ring (bicyclic) bond motifs is 2. The SMILES string of the molecule is [Br-].[Br-].c1ccc2c(c1)sc[n+]2CCC[n+]1csc2ccccc21. The topological polar surface area (TPSA) is 7.76 Å². The van der Waals surface area contributed by atoms with Crippen LogP contribution in [0.15, 0.2) is 59.6 Å². The van der Waals surface area contributed by atoms with E-state index in [2.05, 4.69) is 68.7 Å². The molecular weight excluding hydrogens is 456 g/mol. The monoisotopic (exact) mass is 470 g/mol. The van der Waals surface area contributed by atoms with E-state index in [1.54, 1.807) is 0 Å². The Morgan fingerprint density at radius 2 is 1.09 bits per heavy atom. The third kappa shape index (κ3) is 3.82. The van der Waals surface area contributed by atoms with Crippen molar-refractivity contribution >= 4 is 43.1 Å². The molecule has 0 bridgehead atoms. The van der Waals surface area contributed by atoms with E-state index in [0.717, 1.165) is 19.5 Å². The number of hydrogen-bond donors (Lipinski definition) is 0. The fourth-order valence-electron chi connectivity index (χ4n) is 2.70. The van der Waals surface area contributed by atoms with Crippen molar-refractivity contribution in [1.29, 1.82) is 0 Å². The number of nitrogens with zero attached hydrogens (tertiary/aromatic N) is 2. The molecule has 0 aliphatic heterocycles. The van der Waals surface area contributed by atoms with E-state index in [4.69, 9.17) is 0 Å². The average Bonchev–Trinajstić information content (AvgIpc) is 3.13. The second-order valence-corrected chi connectivity index (χ2v) is 6.90. The minimum atomic E-state index is 0. The molecule has 2 aromatic carbocycles. The van der Waals surface area contributed by atoms with Crippen LogP contribution in [-0.2, 0) is 13.1 Å². The molecule has 0 spiro atoms. The summed E-state index contributed by atoms with van der Waals surface area (Å²) in [5.41, 5.74) is 7.17. The molecular formula is C17H16Br2N2S2. The lowest BCUT2D eigenvalue weighted by atomic mass is 10.3. The van der Waals surface area contributed by atoms with E-state index in [0.29, 0.717) is 0 Å². The van der Waals surface area contributed by atoms with Gasteiger partial charge in [-0.05, 0) is 12.1 Å². The van der Waals surface area contributed by atoms with Gasteiger partial charge in [-0.2, -0.15) is 9.13 Å². The van der Waals surface area contributed by atoms with Crippen LogP contribution >= 0.6 is 22.7 Å². The Bertz CT molecular complexity index is 828. The highest BCUT2D eigenvalue weighted by Gasteiger charge is 2.14. The maximum absolute atomic E-state index is 2.37. The summed E-state index contributed by atoms with van der Waals surface area (Å²) in [7, 11) is 0. The highest BCUT2D eigenvalue weighted by Crippen LogP contribution is 2.16. The summed E-state index contributed by atoms with van der Waals surface area (Å²) in [6.45, 7) is 2.14. The van der Waals surface area contributed by atoms with Crippen molar-refractivity contribution in [2.24, 2.45) is 0 Å². The minimum Gasteiger partial charge on any atom is -1.00 e. The predicted octanol–water partition coefficient (Wildman–Crippen LogP) is -2.21. The van der Waals surface area contributed by atoms with E-state index in [9.17, 15) is 0 Å². The lowest BCUT2D eigenvalue weighted by Gasteiger charge is -1.94. The van der Waals surface area contributed by atoms with Crippen LogP contribution in [-0.4, -0.2) is 0 Å². The average molecular weight is 472 g/mol. The van der Waals surface area contributed by atoms with Crippen molar-refractivity contribution < 1.29 is 43.1 Å². The van der Waals surface area contributed by atoms with Crippen LogP contribution in [0.1, 0.15) is 6.42 Å². The largest absolute Gasteiger partial charge is 1.00 e. The fraction of sp³-hybridized carbons (Fsp3) is 0.176. The molecule has 0 saturated carbocycles. The van der Waals surface area contributed by atoms with Gasteiger partial charge in [-0.1, -0.05) is 46.9 Å². The van der Waals surface area contributed by atoms with Gasteiger partial charge in [-0.25, -0.2) is 0 Å². The molecule has 6 heteroatoms. The number of halogens is 2. The number of aryl methyl sites for hydroxylation is 2. The van der Waals surface area contributed by atoms with E-state index in [1.165, 1.54) is 20.4 Å². The standard InChI is InChI=1S/C17H16N2S2.2BrH/c1-3-8-16-14(6-1)18(12-20-16)10-5-11-19-13-21-17-9-4-2-7-15(17)19;;/h1-4,6-9,12-13H,5,10-11H2;2*1H/q+2;;/p-2. The molecule has 0 amide bonds. The Morgan fingerprint density at radius 3 is 1.57 bits per heavy atom. The molecule has 2 nitrogen and oxygen atoms in total. The maximum Gasteiger partial charge on any atom is 0.225 e. The Kier molecular flexibility index (Phi) is 6.71. The van der Waals surface area contributed by atoms with Gasteiger partial charge in [0.2, 0.25) is 22.1 Å². The smallest absolute Gasteiger partial charge is 0.225 e. The zero-order valence-corrected chi connectivity index (χ0v) is 17.2. The number of aromatic nitrogens is 2. The third-order valence-corrected chi connectivity index (χ3v) is 5.68. The molecule has 0 unspecified atom stereocenters. The summed E-state index contributed by atoms with van der Waals surface area (Å²) in [6, 6.07) is 17.2. The Morgan fingerprint density at radius 1 is 0.652 bits per heavy atom. The molecule has 0 N–H and O–H groups in total. The van der Waals surface area contributed by atoms with Crippen molar-refractivity contribution in [3.8, 4) is 0 Å².